The van der Waals surface area contributed by atoms with E-state index in [4.69, 9.17) is 8.85 Å². The zero-order valence-electron chi connectivity index (χ0n) is 34.6. The van der Waals surface area contributed by atoms with Crippen LogP contribution in [0.2, 0.25) is 36.3 Å². The lowest BCUT2D eigenvalue weighted by Crippen LogP contribution is -2.48. The molecule has 1 N–H and O–H groups in total. The van der Waals surface area contributed by atoms with Gasteiger partial charge in [-0.2, -0.15) is 0 Å². The number of fused-ring (bicyclic) bond motifs is 1. The van der Waals surface area contributed by atoms with E-state index in [1.807, 2.05) is 0 Å². The summed E-state index contributed by atoms with van der Waals surface area (Å²) in [6, 6.07) is 0. The van der Waals surface area contributed by atoms with Gasteiger partial charge in [0.25, 0.3) is 0 Å². The van der Waals surface area contributed by atoms with Gasteiger partial charge >= 0.3 is 0 Å². The molecule has 286 valence electrons. The predicted octanol–water partition coefficient (Wildman–Crippen LogP) is 12.5. The van der Waals surface area contributed by atoms with Crippen LogP contribution in [0.1, 0.15) is 152 Å². The van der Waals surface area contributed by atoms with Gasteiger partial charge < -0.3 is 18.8 Å². The van der Waals surface area contributed by atoms with Gasteiger partial charge in [-0.1, -0.05) is 104 Å². The lowest BCUT2D eigenvalue weighted by atomic mass is 9.61. The molecule has 4 aliphatic carbocycles. The molecular weight excluding hydrogens is 649 g/mol. The molecule has 4 aliphatic rings. The van der Waals surface area contributed by atoms with Crippen LogP contribution in [0.4, 0.5) is 0 Å². The molecule has 4 rings (SSSR count). The number of aliphatic hydroxyl groups is 1. The molecular formula is C44H78O4Si2. The number of unbranched alkanes of at least 4 members (excludes halogenated alkanes) is 3. The highest BCUT2D eigenvalue weighted by Gasteiger charge is 2.51. The van der Waals surface area contributed by atoms with Gasteiger partial charge in [-0.05, 0) is 142 Å². The van der Waals surface area contributed by atoms with E-state index >= 15 is 0 Å². The molecule has 0 radical (unpaired) electrons. The Kier molecular flexibility index (Phi) is 13.7. The Bertz CT molecular complexity index is 1190. The molecule has 0 aromatic carbocycles. The topological polar surface area (TPSA) is 55.8 Å². The zero-order chi connectivity index (χ0) is 37.2. The number of aliphatic hydroxyl groups excluding tert-OH is 1. The summed E-state index contributed by atoms with van der Waals surface area (Å²) in [6.07, 6.45) is 27.4. The smallest absolute Gasteiger partial charge is 0.192 e. The second-order valence-corrected chi connectivity index (χ2v) is 30.1. The molecule has 4 fully saturated rings. The first kappa shape index (κ1) is 42.0. The van der Waals surface area contributed by atoms with Crippen molar-refractivity contribution in [2.45, 2.75) is 206 Å². The number of carbonyl (C=O) groups excluding carboxylic acids is 1. The number of hydrogen-bond acceptors (Lipinski definition) is 4. The Morgan fingerprint density at radius 1 is 0.860 bits per heavy atom. The van der Waals surface area contributed by atoms with E-state index in [9.17, 15) is 9.90 Å². The maximum Gasteiger partial charge on any atom is 0.192 e. The van der Waals surface area contributed by atoms with Gasteiger partial charge in [-0.3, -0.25) is 0 Å². The number of carbonyl (C=O) groups is 1. The minimum atomic E-state index is -1.90. The number of rotatable bonds is 15. The van der Waals surface area contributed by atoms with Crippen LogP contribution in [-0.4, -0.2) is 46.3 Å². The molecule has 0 aromatic rings. The van der Waals surface area contributed by atoms with E-state index in [-0.39, 0.29) is 33.8 Å². The van der Waals surface area contributed by atoms with E-state index < -0.39 is 16.6 Å². The third-order valence-corrected chi connectivity index (χ3v) is 23.9. The Labute approximate surface area is 311 Å². The highest BCUT2D eigenvalue weighted by molar-refractivity contribution is 6.74. The average Bonchev–Trinajstić information content (AvgIpc) is 3.70. The van der Waals surface area contributed by atoms with Crippen molar-refractivity contribution in [3.05, 3.63) is 35.5 Å². The minimum Gasteiger partial charge on any atom is -0.414 e. The fourth-order valence-electron chi connectivity index (χ4n) is 9.35. The van der Waals surface area contributed by atoms with Crippen molar-refractivity contribution in [2.24, 2.45) is 28.6 Å². The van der Waals surface area contributed by atoms with Crippen molar-refractivity contribution in [1.82, 2.24) is 0 Å². The summed E-state index contributed by atoms with van der Waals surface area (Å²) >= 11 is 0. The maximum atomic E-state index is 11.2. The van der Waals surface area contributed by atoms with Crippen LogP contribution in [-0.2, 0) is 13.6 Å². The van der Waals surface area contributed by atoms with Crippen LogP contribution in [0.25, 0.3) is 0 Å². The van der Waals surface area contributed by atoms with Crippen LogP contribution >= 0.6 is 0 Å². The quantitative estimate of drug-likeness (QED) is 0.0790. The SMILES string of the molecule is C[C@H](/C=C/[C@H](O)C1(CCCCCC=O)CC1)[C@H]1CC[C@H]2/C(=C/C=C3C[C@@H](O[Si](C)(C)C(C)(C)C)C[C@H](O[Si](C)(C)C(C)(C)C)C3)CCC[C@]12C. The first-order chi connectivity index (χ1) is 23.1. The second kappa shape index (κ2) is 16.3. The number of hydrogen-bond donors (Lipinski definition) is 1. The molecule has 0 heterocycles. The predicted molar refractivity (Wildman–Crippen MR) is 217 cm³/mol. The summed E-state index contributed by atoms with van der Waals surface area (Å²) < 4.78 is 14.2. The molecule has 0 aromatic heterocycles. The maximum absolute atomic E-state index is 11.2. The zero-order valence-corrected chi connectivity index (χ0v) is 36.6. The summed E-state index contributed by atoms with van der Waals surface area (Å²) in [5.41, 5.74) is 3.60. The van der Waals surface area contributed by atoms with Crippen LogP contribution in [0.5, 0.6) is 0 Å². The van der Waals surface area contributed by atoms with Crippen molar-refractivity contribution in [1.29, 1.82) is 0 Å². The third-order valence-electron chi connectivity index (χ3n) is 14.9. The van der Waals surface area contributed by atoms with Crippen molar-refractivity contribution < 1.29 is 18.8 Å². The Balaban J connectivity index is 1.46. The van der Waals surface area contributed by atoms with Crippen LogP contribution in [0.15, 0.2) is 35.5 Å². The molecule has 0 aliphatic heterocycles. The van der Waals surface area contributed by atoms with Gasteiger partial charge in [0.05, 0.1) is 18.3 Å². The molecule has 7 atom stereocenters. The Hall–Kier alpha value is -0.796. The van der Waals surface area contributed by atoms with Gasteiger partial charge in [0, 0.05) is 6.42 Å². The molecule has 0 unspecified atom stereocenters. The van der Waals surface area contributed by atoms with Crippen molar-refractivity contribution >= 4 is 22.9 Å². The summed E-state index contributed by atoms with van der Waals surface area (Å²) in [7, 11) is -3.80. The molecule has 0 amide bonds. The minimum absolute atomic E-state index is 0.0936. The van der Waals surface area contributed by atoms with Crippen LogP contribution in [0, 0.1) is 28.6 Å². The lowest BCUT2D eigenvalue weighted by Gasteiger charge is -2.45. The first-order valence-corrected chi connectivity index (χ1v) is 26.5. The van der Waals surface area contributed by atoms with Crippen molar-refractivity contribution in [2.75, 3.05) is 0 Å². The third kappa shape index (κ3) is 10.0. The highest BCUT2D eigenvalue weighted by atomic mass is 28.4. The van der Waals surface area contributed by atoms with Crippen LogP contribution in [0.3, 0.4) is 0 Å². The number of allylic oxidation sites excluding steroid dienone is 4. The lowest BCUT2D eigenvalue weighted by molar-refractivity contribution is -0.107. The van der Waals surface area contributed by atoms with Crippen LogP contribution < -0.4 is 0 Å². The largest absolute Gasteiger partial charge is 0.414 e. The summed E-state index contributed by atoms with van der Waals surface area (Å²) in [5.74, 6) is 1.79. The van der Waals surface area contributed by atoms with E-state index in [1.165, 1.54) is 37.7 Å². The van der Waals surface area contributed by atoms with Gasteiger partial charge in [-0.15, -0.1) is 0 Å². The number of aldehydes is 1. The van der Waals surface area contributed by atoms with E-state index in [0.717, 1.165) is 64.1 Å². The fraction of sp³-hybridized carbons (Fsp3) is 0.841. The monoisotopic (exact) mass is 727 g/mol. The Morgan fingerprint density at radius 3 is 2.00 bits per heavy atom. The standard InChI is InChI=1S/C44H78O4Si2/c1-33(19-24-40(46)44(27-28-44)26-15-13-14-16-29-45)38-22-23-39-35(18-17-25-43(38,39)8)21-20-34-30-36(47-49(9,10)41(2,3)4)32-37(31-34)48-50(11,12)42(5,6)7/h19-21,24,29,33,36-40,46H,13-18,22-23,25-28,30-32H2,1-12H3/b24-19+,35-21+/t33-,36-,37-,38-,39+,40+,43-/m1/s1. The molecule has 4 nitrogen and oxygen atoms in total. The van der Waals surface area contributed by atoms with E-state index in [2.05, 4.69) is 106 Å². The molecule has 0 saturated heterocycles. The Morgan fingerprint density at radius 2 is 1.46 bits per heavy atom. The van der Waals surface area contributed by atoms with Crippen molar-refractivity contribution in [3.8, 4) is 0 Å². The summed E-state index contributed by atoms with van der Waals surface area (Å²) in [4.78, 5) is 10.7. The van der Waals surface area contributed by atoms with Crippen molar-refractivity contribution in [3.63, 3.8) is 0 Å². The molecule has 0 spiro atoms. The van der Waals surface area contributed by atoms with Gasteiger partial charge in [-0.25, -0.2) is 0 Å². The highest BCUT2D eigenvalue weighted by Crippen LogP contribution is 2.60. The molecule has 0 bridgehead atoms. The summed E-state index contributed by atoms with van der Waals surface area (Å²) in [5, 5.41) is 11.6. The van der Waals surface area contributed by atoms with Gasteiger partial charge in [0.1, 0.15) is 6.29 Å². The molecule has 50 heavy (non-hydrogen) atoms. The van der Waals surface area contributed by atoms with E-state index in [1.54, 1.807) is 5.57 Å². The fourth-order valence-corrected chi connectivity index (χ4v) is 12.1. The summed E-state index contributed by atoms with van der Waals surface area (Å²) in [6.45, 7) is 28.7. The van der Waals surface area contributed by atoms with Gasteiger partial charge in [0.15, 0.2) is 16.6 Å². The first-order valence-electron chi connectivity index (χ1n) is 20.7. The normalized spacial score (nSPS) is 31.1. The molecule has 6 heteroatoms. The second-order valence-electron chi connectivity index (χ2n) is 20.6. The van der Waals surface area contributed by atoms with E-state index in [0.29, 0.717) is 29.6 Å². The van der Waals surface area contributed by atoms with Gasteiger partial charge in [0.2, 0.25) is 0 Å². The average molecular weight is 727 g/mol. The molecule has 4 saturated carbocycles.